The van der Waals surface area contributed by atoms with E-state index in [2.05, 4.69) is 6.58 Å². The summed E-state index contributed by atoms with van der Waals surface area (Å²) in [6.45, 7) is 6.78. The first-order chi connectivity index (χ1) is 18.8. The molecule has 0 saturated carbocycles. The van der Waals surface area contributed by atoms with Gasteiger partial charge < -0.3 is 24.9 Å². The van der Waals surface area contributed by atoms with Crippen LogP contribution in [0.3, 0.4) is 0 Å². The Labute approximate surface area is 229 Å². The molecule has 0 aliphatic carbocycles. The quantitative estimate of drug-likeness (QED) is 0.432. The molecule has 0 unspecified atom stereocenters. The standard InChI is InChI=1S/C31H37N3O5/c1-3-17-34-27-16-15-25(33-18-8-7-13-29(33)37)21-26(27)31(39,30(34)38)23(2)10-9-14-28(36)32(19-20-35)22-24-11-5-4-6-12-24/h3-6,9-12,15-16,21,23,35,39H,1,7-8,13-14,17-20,22H2,2H3/b10-9+/t23-,31+/m0/s1. The maximum absolute atomic E-state index is 13.6. The van der Waals surface area contributed by atoms with Gasteiger partial charge in [0, 0.05) is 56.2 Å². The molecule has 2 N–H and O–H groups in total. The van der Waals surface area contributed by atoms with E-state index in [0.717, 1.165) is 18.4 Å². The van der Waals surface area contributed by atoms with Crippen molar-refractivity contribution in [1.82, 2.24) is 4.90 Å². The van der Waals surface area contributed by atoms with Crippen molar-refractivity contribution in [3.05, 3.63) is 84.5 Å². The lowest BCUT2D eigenvalue weighted by molar-refractivity contribution is -0.139. The van der Waals surface area contributed by atoms with Gasteiger partial charge in [-0.05, 0) is 36.6 Å². The molecule has 1 fully saturated rings. The lowest BCUT2D eigenvalue weighted by atomic mass is 9.82. The van der Waals surface area contributed by atoms with Crippen molar-refractivity contribution in [2.24, 2.45) is 5.92 Å². The zero-order valence-electron chi connectivity index (χ0n) is 22.5. The Morgan fingerprint density at radius 2 is 1.95 bits per heavy atom. The number of aliphatic hydroxyl groups is 2. The van der Waals surface area contributed by atoms with E-state index in [0.29, 0.717) is 36.4 Å². The summed E-state index contributed by atoms with van der Waals surface area (Å²) in [4.78, 5) is 43.9. The topological polar surface area (TPSA) is 101 Å². The number of rotatable bonds is 11. The fourth-order valence-corrected chi connectivity index (χ4v) is 5.35. The fourth-order valence-electron chi connectivity index (χ4n) is 5.35. The Morgan fingerprint density at radius 3 is 2.64 bits per heavy atom. The zero-order valence-corrected chi connectivity index (χ0v) is 22.5. The zero-order chi connectivity index (χ0) is 28.0. The maximum atomic E-state index is 13.6. The highest BCUT2D eigenvalue weighted by molar-refractivity contribution is 6.08. The minimum atomic E-state index is -1.86. The second-order valence-corrected chi connectivity index (χ2v) is 10.1. The normalized spacial score (nSPS) is 19.9. The third kappa shape index (κ3) is 5.82. The molecule has 3 amide bonds. The lowest BCUT2D eigenvalue weighted by Gasteiger charge is -2.30. The number of carbonyl (C=O) groups is 3. The Balaban J connectivity index is 1.56. The van der Waals surface area contributed by atoms with Gasteiger partial charge in [0.1, 0.15) is 0 Å². The van der Waals surface area contributed by atoms with Gasteiger partial charge in [0.2, 0.25) is 11.8 Å². The summed E-state index contributed by atoms with van der Waals surface area (Å²) in [6.07, 6.45) is 7.27. The molecule has 0 aromatic heterocycles. The Morgan fingerprint density at radius 1 is 1.18 bits per heavy atom. The second kappa shape index (κ2) is 12.4. The number of benzene rings is 2. The maximum Gasteiger partial charge on any atom is 0.264 e. The van der Waals surface area contributed by atoms with Crippen LogP contribution in [-0.4, -0.2) is 59.1 Å². The molecule has 1 saturated heterocycles. The number of fused-ring (bicyclic) bond motifs is 1. The Bertz CT molecular complexity index is 1240. The highest BCUT2D eigenvalue weighted by Gasteiger charge is 2.52. The van der Waals surface area contributed by atoms with Crippen molar-refractivity contribution in [2.75, 3.05) is 36.0 Å². The van der Waals surface area contributed by atoms with Crippen molar-refractivity contribution in [3.8, 4) is 0 Å². The van der Waals surface area contributed by atoms with Crippen LogP contribution in [0.5, 0.6) is 0 Å². The molecule has 0 bridgehead atoms. The van der Waals surface area contributed by atoms with Crippen LogP contribution in [0.1, 0.15) is 43.7 Å². The minimum absolute atomic E-state index is 0.0337. The van der Waals surface area contributed by atoms with Crippen LogP contribution < -0.4 is 9.80 Å². The van der Waals surface area contributed by atoms with Crippen molar-refractivity contribution in [1.29, 1.82) is 0 Å². The van der Waals surface area contributed by atoms with Gasteiger partial charge in [0.25, 0.3) is 5.91 Å². The summed E-state index contributed by atoms with van der Waals surface area (Å²) in [5, 5.41) is 21.4. The van der Waals surface area contributed by atoms with E-state index in [4.69, 9.17) is 0 Å². The predicted octanol–water partition coefficient (Wildman–Crippen LogP) is 3.53. The van der Waals surface area contributed by atoms with Crippen LogP contribution in [0.15, 0.2) is 73.3 Å². The van der Waals surface area contributed by atoms with Gasteiger partial charge in [0.05, 0.1) is 12.3 Å². The summed E-state index contributed by atoms with van der Waals surface area (Å²) in [6, 6.07) is 14.9. The van der Waals surface area contributed by atoms with Crippen LogP contribution in [-0.2, 0) is 26.5 Å². The largest absolute Gasteiger partial charge is 0.395 e. The van der Waals surface area contributed by atoms with E-state index < -0.39 is 17.4 Å². The van der Waals surface area contributed by atoms with Gasteiger partial charge in [-0.15, -0.1) is 6.58 Å². The Hall–Kier alpha value is -3.75. The van der Waals surface area contributed by atoms with Crippen molar-refractivity contribution >= 4 is 29.1 Å². The minimum Gasteiger partial charge on any atom is -0.395 e. The first-order valence-corrected chi connectivity index (χ1v) is 13.5. The molecule has 2 atom stereocenters. The van der Waals surface area contributed by atoms with E-state index in [9.17, 15) is 24.6 Å². The summed E-state index contributed by atoms with van der Waals surface area (Å²) in [7, 11) is 0. The molecule has 4 rings (SSSR count). The van der Waals surface area contributed by atoms with Crippen LogP contribution in [0.4, 0.5) is 11.4 Å². The van der Waals surface area contributed by atoms with Gasteiger partial charge in [-0.25, -0.2) is 0 Å². The third-order valence-electron chi connectivity index (χ3n) is 7.51. The van der Waals surface area contributed by atoms with E-state index in [1.165, 1.54) is 4.90 Å². The van der Waals surface area contributed by atoms with Crippen LogP contribution in [0.2, 0.25) is 0 Å². The van der Waals surface area contributed by atoms with Crippen molar-refractivity contribution < 1.29 is 24.6 Å². The summed E-state index contributed by atoms with van der Waals surface area (Å²) in [5.41, 5.74) is 0.798. The first kappa shape index (κ1) is 28.3. The van der Waals surface area contributed by atoms with E-state index in [1.807, 2.05) is 36.4 Å². The van der Waals surface area contributed by atoms with Gasteiger partial charge in [-0.1, -0.05) is 55.5 Å². The smallest absolute Gasteiger partial charge is 0.264 e. The highest BCUT2D eigenvalue weighted by Crippen LogP contribution is 2.46. The number of piperidine rings is 1. The van der Waals surface area contributed by atoms with Gasteiger partial charge in [-0.3, -0.25) is 14.4 Å². The second-order valence-electron chi connectivity index (χ2n) is 10.1. The summed E-state index contributed by atoms with van der Waals surface area (Å²) in [5.74, 6) is -1.25. The van der Waals surface area contributed by atoms with E-state index in [-0.39, 0.29) is 37.9 Å². The van der Waals surface area contributed by atoms with Gasteiger partial charge in [0.15, 0.2) is 5.60 Å². The molecule has 206 valence electrons. The molecule has 0 spiro atoms. The molecule has 8 heteroatoms. The van der Waals surface area contributed by atoms with E-state index in [1.54, 1.807) is 47.1 Å². The van der Waals surface area contributed by atoms with Crippen LogP contribution in [0.25, 0.3) is 0 Å². The molecule has 2 aromatic carbocycles. The van der Waals surface area contributed by atoms with Gasteiger partial charge in [-0.2, -0.15) is 0 Å². The third-order valence-corrected chi connectivity index (χ3v) is 7.51. The van der Waals surface area contributed by atoms with Gasteiger partial charge >= 0.3 is 0 Å². The number of hydrogen-bond donors (Lipinski definition) is 2. The average Bonchev–Trinajstić information content (AvgIpc) is 3.16. The number of anilines is 2. The molecule has 8 nitrogen and oxygen atoms in total. The molecular weight excluding hydrogens is 494 g/mol. The SMILES string of the molecule is C=CCN1C(=O)[C@@](O)([C@@H](C)/C=C/CC(=O)N(CCO)Cc2ccccc2)c2cc(N3CCCCC3=O)ccc21. The van der Waals surface area contributed by atoms with Crippen LogP contribution in [0, 0.1) is 5.92 Å². The summed E-state index contributed by atoms with van der Waals surface area (Å²) < 4.78 is 0. The molecule has 0 radical (unpaired) electrons. The molecule has 2 heterocycles. The number of aliphatic hydroxyl groups excluding tert-OH is 1. The molecule has 2 aromatic rings. The summed E-state index contributed by atoms with van der Waals surface area (Å²) >= 11 is 0. The molecule has 2 aliphatic heterocycles. The molecule has 39 heavy (non-hydrogen) atoms. The monoisotopic (exact) mass is 531 g/mol. The van der Waals surface area contributed by atoms with Crippen molar-refractivity contribution in [3.63, 3.8) is 0 Å². The average molecular weight is 532 g/mol. The van der Waals surface area contributed by atoms with Crippen LogP contribution >= 0.6 is 0 Å². The number of amides is 3. The fraction of sp³-hybridized carbons (Fsp3) is 0.387. The number of nitrogens with zero attached hydrogens (tertiary/aromatic N) is 3. The number of carbonyl (C=O) groups excluding carboxylic acids is 3. The van der Waals surface area contributed by atoms with Crippen molar-refractivity contribution in [2.45, 2.75) is 44.8 Å². The Kier molecular flexibility index (Phi) is 8.99. The first-order valence-electron chi connectivity index (χ1n) is 13.5. The lowest BCUT2D eigenvalue weighted by Crippen LogP contribution is -2.44. The predicted molar refractivity (Wildman–Crippen MR) is 151 cm³/mol. The number of hydrogen-bond acceptors (Lipinski definition) is 5. The molecule has 2 aliphatic rings. The highest BCUT2D eigenvalue weighted by atomic mass is 16.3. The molecular formula is C31H37N3O5. The van der Waals surface area contributed by atoms with E-state index >= 15 is 0 Å².